The Labute approximate surface area is 122 Å². The van der Waals surface area contributed by atoms with Crippen molar-refractivity contribution in [1.29, 1.82) is 0 Å². The summed E-state index contributed by atoms with van der Waals surface area (Å²) in [6, 6.07) is 10.8. The van der Waals surface area contributed by atoms with Crippen molar-refractivity contribution in [1.82, 2.24) is 0 Å². The Balaban J connectivity index is 1.69. The first-order valence-corrected chi connectivity index (χ1v) is 8.17. The molecule has 20 heavy (non-hydrogen) atoms. The highest BCUT2D eigenvalue weighted by Gasteiger charge is 2.74. The van der Waals surface area contributed by atoms with Gasteiger partial charge in [0.15, 0.2) is 0 Å². The van der Waals surface area contributed by atoms with Crippen LogP contribution in [0.25, 0.3) is 0 Å². The van der Waals surface area contributed by atoms with Crippen LogP contribution in [0.1, 0.15) is 57.9 Å². The highest BCUT2D eigenvalue weighted by molar-refractivity contribution is 5.33. The first-order valence-electron chi connectivity index (χ1n) is 8.17. The van der Waals surface area contributed by atoms with Crippen LogP contribution in [0, 0.1) is 22.7 Å². The molecule has 0 heterocycles. The summed E-state index contributed by atoms with van der Waals surface area (Å²) in [5.74, 6) is 1.77. The van der Waals surface area contributed by atoms with Crippen molar-refractivity contribution < 1.29 is 5.11 Å². The van der Waals surface area contributed by atoms with Crippen molar-refractivity contribution in [2.45, 2.75) is 58.0 Å². The van der Waals surface area contributed by atoms with Gasteiger partial charge in [-0.1, -0.05) is 51.1 Å². The van der Waals surface area contributed by atoms with E-state index in [1.165, 1.54) is 31.2 Å². The maximum atomic E-state index is 11.7. The van der Waals surface area contributed by atoms with E-state index in [2.05, 4.69) is 51.1 Å². The maximum absolute atomic E-state index is 11.7. The summed E-state index contributed by atoms with van der Waals surface area (Å²) in [7, 11) is 0. The molecule has 5 unspecified atom stereocenters. The van der Waals surface area contributed by atoms with Crippen LogP contribution in [0.3, 0.4) is 0 Å². The Morgan fingerprint density at radius 2 is 1.80 bits per heavy atom. The van der Waals surface area contributed by atoms with E-state index >= 15 is 0 Å². The molecule has 1 aromatic rings. The van der Waals surface area contributed by atoms with Crippen molar-refractivity contribution in [3.05, 3.63) is 35.9 Å². The second-order valence-electron chi connectivity index (χ2n) is 8.35. The molecule has 3 aliphatic rings. The van der Waals surface area contributed by atoms with Crippen molar-refractivity contribution in [2.24, 2.45) is 22.7 Å². The predicted molar refractivity (Wildman–Crippen MR) is 81.5 cm³/mol. The summed E-state index contributed by atoms with van der Waals surface area (Å²) in [5.41, 5.74) is 1.18. The summed E-state index contributed by atoms with van der Waals surface area (Å²) in [6.07, 6.45) is 4.94. The minimum Gasteiger partial charge on any atom is -0.388 e. The molecule has 0 amide bonds. The molecule has 0 radical (unpaired) electrons. The van der Waals surface area contributed by atoms with Crippen LogP contribution in [0.5, 0.6) is 0 Å². The Kier molecular flexibility index (Phi) is 2.37. The Hall–Kier alpha value is -0.820. The summed E-state index contributed by atoms with van der Waals surface area (Å²) < 4.78 is 0. The van der Waals surface area contributed by atoms with E-state index in [0.717, 1.165) is 5.92 Å². The predicted octanol–water partition coefficient (Wildman–Crippen LogP) is 4.37. The molecule has 0 saturated heterocycles. The third kappa shape index (κ3) is 1.33. The van der Waals surface area contributed by atoms with E-state index in [1.807, 2.05) is 0 Å². The van der Waals surface area contributed by atoms with Crippen LogP contribution >= 0.6 is 0 Å². The topological polar surface area (TPSA) is 20.2 Å². The molecule has 1 aromatic carbocycles. The number of benzene rings is 1. The molecule has 5 atom stereocenters. The number of hydrogen-bond donors (Lipinski definition) is 1. The third-order valence-corrected chi connectivity index (χ3v) is 7.22. The molecule has 3 aliphatic carbocycles. The number of fused-ring (bicyclic) bond motifs is 2. The maximum Gasteiger partial charge on any atom is 0.0788 e. The van der Waals surface area contributed by atoms with Gasteiger partial charge in [0.1, 0.15) is 0 Å². The van der Waals surface area contributed by atoms with Crippen molar-refractivity contribution in [3.8, 4) is 0 Å². The lowest BCUT2D eigenvalue weighted by molar-refractivity contribution is -0.159. The zero-order chi connectivity index (χ0) is 14.2. The zero-order valence-corrected chi connectivity index (χ0v) is 12.9. The second-order valence-corrected chi connectivity index (χ2v) is 8.35. The van der Waals surface area contributed by atoms with Gasteiger partial charge in [-0.05, 0) is 59.8 Å². The average molecular weight is 270 g/mol. The lowest BCUT2D eigenvalue weighted by atomic mass is 9.58. The summed E-state index contributed by atoms with van der Waals surface area (Å²) in [6.45, 7) is 6.99. The Morgan fingerprint density at radius 3 is 2.40 bits per heavy atom. The molecular formula is C19H26O. The first kappa shape index (κ1) is 12.9. The van der Waals surface area contributed by atoms with Gasteiger partial charge in [-0.2, -0.15) is 0 Å². The summed E-state index contributed by atoms with van der Waals surface area (Å²) in [5, 5.41) is 11.7. The van der Waals surface area contributed by atoms with Crippen LogP contribution in [0.15, 0.2) is 30.3 Å². The molecule has 0 aliphatic heterocycles. The molecule has 1 heteroatoms. The lowest BCUT2D eigenvalue weighted by Gasteiger charge is -2.51. The third-order valence-electron chi connectivity index (χ3n) is 7.22. The summed E-state index contributed by atoms with van der Waals surface area (Å²) in [4.78, 5) is 0. The van der Waals surface area contributed by atoms with Gasteiger partial charge in [-0.3, -0.25) is 0 Å². The number of hydrogen-bond acceptors (Lipinski definition) is 1. The minimum atomic E-state index is -0.469. The van der Waals surface area contributed by atoms with E-state index < -0.39 is 5.60 Å². The Morgan fingerprint density at radius 1 is 1.10 bits per heavy atom. The molecule has 0 spiro atoms. The SMILES string of the molecule is CC12CCC(C1)C(C)(C)C2(O)C1CC1c1ccccc1. The smallest absolute Gasteiger partial charge is 0.0788 e. The van der Waals surface area contributed by atoms with Gasteiger partial charge in [0.25, 0.3) is 0 Å². The van der Waals surface area contributed by atoms with Crippen LogP contribution in [-0.2, 0) is 0 Å². The average Bonchev–Trinajstić information content (AvgIpc) is 3.10. The van der Waals surface area contributed by atoms with Crippen molar-refractivity contribution in [3.63, 3.8) is 0 Å². The van der Waals surface area contributed by atoms with Gasteiger partial charge in [-0.15, -0.1) is 0 Å². The largest absolute Gasteiger partial charge is 0.388 e. The van der Waals surface area contributed by atoms with E-state index in [4.69, 9.17) is 0 Å². The fourth-order valence-corrected chi connectivity index (χ4v) is 5.94. The first-order chi connectivity index (χ1) is 9.40. The fourth-order valence-electron chi connectivity index (χ4n) is 5.94. The van der Waals surface area contributed by atoms with Crippen LogP contribution in [0.4, 0.5) is 0 Å². The highest BCUT2D eigenvalue weighted by atomic mass is 16.3. The minimum absolute atomic E-state index is 0.0776. The number of rotatable bonds is 2. The van der Waals surface area contributed by atoms with E-state index in [1.54, 1.807) is 0 Å². The quantitative estimate of drug-likeness (QED) is 0.846. The molecule has 1 N–H and O–H groups in total. The van der Waals surface area contributed by atoms with Gasteiger partial charge in [0, 0.05) is 0 Å². The monoisotopic (exact) mass is 270 g/mol. The molecule has 1 nitrogen and oxygen atoms in total. The highest BCUT2D eigenvalue weighted by Crippen LogP contribution is 2.75. The molecule has 108 valence electrons. The normalized spacial score (nSPS) is 48.5. The van der Waals surface area contributed by atoms with Gasteiger partial charge >= 0.3 is 0 Å². The molecule has 4 rings (SSSR count). The van der Waals surface area contributed by atoms with Gasteiger partial charge in [-0.25, -0.2) is 0 Å². The standard InChI is InChI=1S/C19H26O/c1-17(2)14-9-10-18(3,12-14)19(17,20)16-11-15(16)13-7-5-4-6-8-13/h4-8,14-16,20H,9-12H2,1-3H3. The molecule has 2 bridgehead atoms. The van der Waals surface area contributed by atoms with E-state index in [0.29, 0.717) is 11.8 Å². The molecular weight excluding hydrogens is 244 g/mol. The van der Waals surface area contributed by atoms with Gasteiger partial charge in [0.2, 0.25) is 0 Å². The van der Waals surface area contributed by atoms with E-state index in [-0.39, 0.29) is 10.8 Å². The summed E-state index contributed by atoms with van der Waals surface area (Å²) >= 11 is 0. The molecule has 0 aromatic heterocycles. The van der Waals surface area contributed by atoms with Gasteiger partial charge in [0.05, 0.1) is 5.60 Å². The van der Waals surface area contributed by atoms with Crippen LogP contribution in [-0.4, -0.2) is 10.7 Å². The van der Waals surface area contributed by atoms with Crippen LogP contribution in [0.2, 0.25) is 0 Å². The van der Waals surface area contributed by atoms with Crippen LogP contribution < -0.4 is 0 Å². The fraction of sp³-hybridized carbons (Fsp3) is 0.684. The molecule has 3 fully saturated rings. The Bertz CT molecular complexity index is 527. The number of aliphatic hydroxyl groups is 1. The lowest BCUT2D eigenvalue weighted by Crippen LogP contribution is -2.56. The molecule has 3 saturated carbocycles. The van der Waals surface area contributed by atoms with Crippen molar-refractivity contribution >= 4 is 0 Å². The van der Waals surface area contributed by atoms with E-state index in [9.17, 15) is 5.11 Å². The second kappa shape index (κ2) is 3.68. The van der Waals surface area contributed by atoms with Crippen molar-refractivity contribution in [2.75, 3.05) is 0 Å². The van der Waals surface area contributed by atoms with Gasteiger partial charge < -0.3 is 5.11 Å². The zero-order valence-electron chi connectivity index (χ0n) is 12.9.